The van der Waals surface area contributed by atoms with Crippen LogP contribution in [0.4, 0.5) is 0 Å². The minimum absolute atomic E-state index is 0.0728. The quantitative estimate of drug-likeness (QED) is 0.755. The van der Waals surface area contributed by atoms with Crippen molar-refractivity contribution in [2.24, 2.45) is 0 Å². The Kier molecular flexibility index (Phi) is 5.00. The molecule has 0 amide bonds. The number of hydrogen-bond donors (Lipinski definition) is 1. The molecule has 1 aromatic rings. The summed E-state index contributed by atoms with van der Waals surface area (Å²) < 4.78 is 9.88. The lowest BCUT2D eigenvalue weighted by atomic mass is 10.1. The molecule has 0 radical (unpaired) electrons. The molecule has 0 aliphatic heterocycles. The Morgan fingerprint density at radius 1 is 1.35 bits per heavy atom. The van der Waals surface area contributed by atoms with E-state index < -0.39 is 11.9 Å². The second-order valence-electron chi connectivity index (χ2n) is 3.31. The summed E-state index contributed by atoms with van der Waals surface area (Å²) >= 11 is 0. The number of carboxylic acid groups (broad SMARTS) is 1. The van der Waals surface area contributed by atoms with Gasteiger partial charge in [-0.05, 0) is 24.6 Å². The molecule has 17 heavy (non-hydrogen) atoms. The largest absolute Gasteiger partial charge is 0.482 e. The molecule has 92 valence electrons. The molecular weight excluding hydrogens is 224 g/mol. The third kappa shape index (κ3) is 5.01. The van der Waals surface area contributed by atoms with Gasteiger partial charge in [-0.15, -0.1) is 0 Å². The minimum Gasteiger partial charge on any atom is -0.482 e. The van der Waals surface area contributed by atoms with Gasteiger partial charge in [0, 0.05) is 0 Å². The van der Waals surface area contributed by atoms with Crippen molar-refractivity contribution in [3.63, 3.8) is 0 Å². The van der Waals surface area contributed by atoms with Crippen LogP contribution in [0.15, 0.2) is 24.3 Å². The second-order valence-corrected chi connectivity index (χ2v) is 3.31. The van der Waals surface area contributed by atoms with Gasteiger partial charge >= 0.3 is 11.9 Å². The number of carboxylic acids is 1. The summed E-state index contributed by atoms with van der Waals surface area (Å²) in [5.41, 5.74) is 0.624. The van der Waals surface area contributed by atoms with Gasteiger partial charge in [-0.2, -0.15) is 0 Å². The molecule has 1 rings (SSSR count). The van der Waals surface area contributed by atoms with Crippen LogP contribution < -0.4 is 4.74 Å². The predicted molar refractivity (Wildman–Crippen MR) is 59.9 cm³/mol. The molecule has 0 spiro atoms. The number of hydrogen-bond acceptors (Lipinski definition) is 4. The van der Waals surface area contributed by atoms with Gasteiger partial charge in [-0.25, -0.2) is 4.79 Å². The van der Waals surface area contributed by atoms with Crippen LogP contribution in [-0.4, -0.2) is 30.3 Å². The molecule has 0 heterocycles. The van der Waals surface area contributed by atoms with E-state index in [0.717, 1.165) is 0 Å². The van der Waals surface area contributed by atoms with Gasteiger partial charge in [0.05, 0.1) is 13.0 Å². The Labute approximate surface area is 99.0 Å². The zero-order valence-electron chi connectivity index (χ0n) is 9.51. The summed E-state index contributed by atoms with van der Waals surface area (Å²) in [6.07, 6.45) is -0.0728. The number of carbonyl (C=O) groups excluding carboxylic acids is 1. The van der Waals surface area contributed by atoms with Gasteiger partial charge in [0.15, 0.2) is 6.61 Å². The summed E-state index contributed by atoms with van der Waals surface area (Å²) in [5.74, 6) is -0.902. The highest BCUT2D eigenvalue weighted by Crippen LogP contribution is 2.13. The maximum atomic E-state index is 11.0. The molecule has 0 saturated heterocycles. The summed E-state index contributed by atoms with van der Waals surface area (Å²) in [6.45, 7) is 1.84. The average Bonchev–Trinajstić information content (AvgIpc) is 2.26. The van der Waals surface area contributed by atoms with E-state index >= 15 is 0 Å². The van der Waals surface area contributed by atoms with Gasteiger partial charge in [-0.3, -0.25) is 4.79 Å². The van der Waals surface area contributed by atoms with Crippen molar-refractivity contribution in [3.05, 3.63) is 29.8 Å². The number of carbonyl (C=O) groups is 2. The van der Waals surface area contributed by atoms with Gasteiger partial charge < -0.3 is 14.6 Å². The number of rotatable bonds is 6. The van der Waals surface area contributed by atoms with Crippen LogP contribution in [0.1, 0.15) is 12.5 Å². The maximum absolute atomic E-state index is 11.0. The van der Waals surface area contributed by atoms with Gasteiger partial charge in [0.1, 0.15) is 5.75 Å². The third-order valence-electron chi connectivity index (χ3n) is 1.92. The highest BCUT2D eigenvalue weighted by Gasteiger charge is 2.05. The van der Waals surface area contributed by atoms with E-state index in [-0.39, 0.29) is 13.0 Å². The number of esters is 1. The Morgan fingerprint density at radius 3 is 2.76 bits per heavy atom. The van der Waals surface area contributed by atoms with Crippen LogP contribution in [0.25, 0.3) is 0 Å². The van der Waals surface area contributed by atoms with Crippen molar-refractivity contribution in [1.29, 1.82) is 0 Å². The molecule has 0 saturated carbocycles. The van der Waals surface area contributed by atoms with Crippen molar-refractivity contribution in [1.82, 2.24) is 0 Å². The highest BCUT2D eigenvalue weighted by atomic mass is 16.6. The van der Waals surface area contributed by atoms with Gasteiger partial charge in [0.25, 0.3) is 0 Å². The third-order valence-corrected chi connectivity index (χ3v) is 1.92. The fraction of sp³-hybridized carbons (Fsp3) is 0.333. The topological polar surface area (TPSA) is 72.8 Å². The van der Waals surface area contributed by atoms with Gasteiger partial charge in [0.2, 0.25) is 0 Å². The fourth-order valence-corrected chi connectivity index (χ4v) is 1.26. The average molecular weight is 238 g/mol. The summed E-state index contributed by atoms with van der Waals surface area (Å²) in [4.78, 5) is 21.6. The molecule has 5 heteroatoms. The number of benzene rings is 1. The predicted octanol–water partition coefficient (Wildman–Crippen LogP) is 1.26. The Hall–Kier alpha value is -2.04. The van der Waals surface area contributed by atoms with Crippen molar-refractivity contribution in [3.8, 4) is 5.75 Å². The number of ether oxygens (including phenoxy) is 2. The summed E-state index contributed by atoms with van der Waals surface area (Å²) in [5, 5.41) is 8.63. The molecule has 1 aromatic carbocycles. The van der Waals surface area contributed by atoms with Crippen LogP contribution in [0.5, 0.6) is 5.75 Å². The molecule has 0 aliphatic rings. The first-order valence-corrected chi connectivity index (χ1v) is 5.21. The van der Waals surface area contributed by atoms with E-state index in [1.165, 1.54) is 0 Å². The van der Waals surface area contributed by atoms with Gasteiger partial charge in [-0.1, -0.05) is 12.1 Å². The highest BCUT2D eigenvalue weighted by molar-refractivity contribution is 5.71. The van der Waals surface area contributed by atoms with Crippen molar-refractivity contribution in [2.75, 3.05) is 13.2 Å². The zero-order valence-corrected chi connectivity index (χ0v) is 9.51. The molecule has 0 unspecified atom stereocenters. The van der Waals surface area contributed by atoms with Crippen LogP contribution in [0.2, 0.25) is 0 Å². The lowest BCUT2D eigenvalue weighted by molar-refractivity contribution is -0.145. The number of aliphatic carboxylic acids is 1. The smallest absolute Gasteiger partial charge is 0.344 e. The molecule has 1 N–H and O–H groups in total. The lowest BCUT2D eigenvalue weighted by Crippen LogP contribution is -2.14. The van der Waals surface area contributed by atoms with Crippen LogP contribution in [0.3, 0.4) is 0 Å². The Bertz CT molecular complexity index is 400. The van der Waals surface area contributed by atoms with Crippen molar-refractivity contribution < 1.29 is 24.2 Å². The molecule has 0 aromatic heterocycles. The molecule has 0 bridgehead atoms. The van der Waals surface area contributed by atoms with E-state index in [0.29, 0.717) is 17.9 Å². The first-order chi connectivity index (χ1) is 8.11. The molecule has 0 fully saturated rings. The van der Waals surface area contributed by atoms with Crippen LogP contribution in [-0.2, 0) is 20.7 Å². The van der Waals surface area contributed by atoms with E-state index in [1.54, 1.807) is 31.2 Å². The normalized spacial score (nSPS) is 9.71. The lowest BCUT2D eigenvalue weighted by Gasteiger charge is -2.06. The molecule has 0 atom stereocenters. The molecule has 5 nitrogen and oxygen atoms in total. The van der Waals surface area contributed by atoms with E-state index in [9.17, 15) is 9.59 Å². The first kappa shape index (κ1) is 13.0. The monoisotopic (exact) mass is 238 g/mol. The van der Waals surface area contributed by atoms with E-state index in [4.69, 9.17) is 14.6 Å². The second kappa shape index (κ2) is 6.52. The Morgan fingerprint density at radius 2 is 2.12 bits per heavy atom. The fourth-order valence-electron chi connectivity index (χ4n) is 1.26. The van der Waals surface area contributed by atoms with Crippen LogP contribution in [0, 0.1) is 0 Å². The maximum Gasteiger partial charge on any atom is 0.344 e. The molecule has 0 aliphatic carbocycles. The summed E-state index contributed by atoms with van der Waals surface area (Å²) in [6, 6.07) is 6.61. The minimum atomic E-state index is -0.910. The zero-order chi connectivity index (χ0) is 12.7. The van der Waals surface area contributed by atoms with Crippen molar-refractivity contribution in [2.45, 2.75) is 13.3 Å². The standard InChI is InChI=1S/C12H14O5/c1-2-16-12(15)8-17-10-5-3-4-9(6-10)7-11(13)14/h3-6H,2,7-8H2,1H3,(H,13,14). The molecular formula is C12H14O5. The first-order valence-electron chi connectivity index (χ1n) is 5.21. The van der Waals surface area contributed by atoms with Crippen LogP contribution >= 0.6 is 0 Å². The SMILES string of the molecule is CCOC(=O)COc1cccc(CC(=O)O)c1. The van der Waals surface area contributed by atoms with Crippen molar-refractivity contribution >= 4 is 11.9 Å². The Balaban J connectivity index is 2.53. The van der Waals surface area contributed by atoms with E-state index in [2.05, 4.69) is 0 Å². The summed E-state index contributed by atoms with van der Waals surface area (Å²) in [7, 11) is 0. The van der Waals surface area contributed by atoms with E-state index in [1.807, 2.05) is 0 Å².